The first-order valence-electron chi connectivity index (χ1n) is 7.46. The molecular weight excluding hydrogens is 443 g/mol. The molecule has 2 aromatic carbocycles. The van der Waals surface area contributed by atoms with Crippen molar-refractivity contribution in [3.05, 3.63) is 68.8 Å². The minimum atomic E-state index is -0.941. The molecule has 0 fully saturated rings. The van der Waals surface area contributed by atoms with Gasteiger partial charge in [-0.05, 0) is 46.4 Å². The van der Waals surface area contributed by atoms with Gasteiger partial charge in [-0.15, -0.1) is 0 Å². The average Bonchev–Trinajstić information content (AvgIpc) is 2.59. The van der Waals surface area contributed by atoms with Gasteiger partial charge < -0.3 is 10.1 Å². The summed E-state index contributed by atoms with van der Waals surface area (Å²) in [6.45, 7) is 0. The summed E-state index contributed by atoms with van der Waals surface area (Å²) in [5.74, 6) is -2.89. The Kier molecular flexibility index (Phi) is 6.86. The lowest BCUT2D eigenvalue weighted by Crippen LogP contribution is -2.44. The second-order valence-electron chi connectivity index (χ2n) is 5.32. The van der Waals surface area contributed by atoms with Crippen molar-refractivity contribution in [1.82, 2.24) is 5.32 Å². The van der Waals surface area contributed by atoms with Gasteiger partial charge in [0, 0.05) is 15.6 Å². The van der Waals surface area contributed by atoms with Crippen LogP contribution in [0.5, 0.6) is 0 Å². The first-order valence-corrected chi connectivity index (χ1v) is 8.53. The third kappa shape index (κ3) is 5.22. The van der Waals surface area contributed by atoms with E-state index in [4.69, 9.17) is 4.74 Å². The molecule has 2 aromatic rings. The number of esters is 1. The van der Waals surface area contributed by atoms with E-state index in [0.717, 1.165) is 21.3 Å². The second-order valence-corrected chi connectivity index (χ2v) is 6.48. The lowest BCUT2D eigenvalue weighted by Gasteiger charge is -2.17. The molecule has 4 nitrogen and oxygen atoms in total. The minimum Gasteiger partial charge on any atom is -0.467 e. The van der Waals surface area contributed by atoms with Gasteiger partial charge in [-0.3, -0.25) is 4.79 Å². The summed E-state index contributed by atoms with van der Waals surface area (Å²) < 4.78 is 33.0. The Morgan fingerprint density at radius 2 is 1.76 bits per heavy atom. The van der Waals surface area contributed by atoms with E-state index in [1.54, 1.807) is 0 Å². The molecule has 0 heterocycles. The zero-order chi connectivity index (χ0) is 18.4. The quantitative estimate of drug-likeness (QED) is 0.534. The number of hydrogen-bond donors (Lipinski definition) is 1. The monoisotopic (exact) mass is 459 g/mol. The number of halogens is 3. The van der Waals surface area contributed by atoms with E-state index in [1.807, 2.05) is 24.3 Å². The number of hydrogen-bond acceptors (Lipinski definition) is 3. The number of carbonyl (C=O) groups is 2. The van der Waals surface area contributed by atoms with Gasteiger partial charge in [0.1, 0.15) is 17.7 Å². The van der Waals surface area contributed by atoms with E-state index in [-0.39, 0.29) is 12.0 Å². The molecule has 0 radical (unpaired) electrons. The van der Waals surface area contributed by atoms with Crippen molar-refractivity contribution in [3.8, 4) is 0 Å². The highest BCUT2D eigenvalue weighted by atomic mass is 127. The maximum Gasteiger partial charge on any atom is 0.328 e. The summed E-state index contributed by atoms with van der Waals surface area (Å²) in [7, 11) is 1.22. The summed E-state index contributed by atoms with van der Waals surface area (Å²) in [5.41, 5.74) is 0.522. The van der Waals surface area contributed by atoms with Crippen LogP contribution in [0.1, 0.15) is 11.1 Å². The zero-order valence-corrected chi connectivity index (χ0v) is 15.5. The number of benzene rings is 2. The number of rotatable bonds is 6. The van der Waals surface area contributed by atoms with E-state index in [0.29, 0.717) is 0 Å². The van der Waals surface area contributed by atoms with Crippen LogP contribution in [0.2, 0.25) is 0 Å². The average molecular weight is 459 g/mol. The zero-order valence-electron chi connectivity index (χ0n) is 13.4. The Morgan fingerprint density at radius 1 is 1.12 bits per heavy atom. The molecule has 0 aromatic heterocycles. The predicted octanol–water partition coefficient (Wildman–Crippen LogP) is 3.01. The number of nitrogens with one attached hydrogen (secondary N) is 1. The van der Waals surface area contributed by atoms with Crippen molar-refractivity contribution in [2.75, 3.05) is 7.11 Å². The highest BCUT2D eigenvalue weighted by Gasteiger charge is 2.24. The van der Waals surface area contributed by atoms with Crippen molar-refractivity contribution in [2.24, 2.45) is 0 Å². The molecule has 0 saturated carbocycles. The highest BCUT2D eigenvalue weighted by molar-refractivity contribution is 14.1. The Morgan fingerprint density at radius 3 is 2.36 bits per heavy atom. The van der Waals surface area contributed by atoms with Crippen molar-refractivity contribution in [2.45, 2.75) is 18.9 Å². The van der Waals surface area contributed by atoms with Crippen LogP contribution < -0.4 is 5.32 Å². The van der Waals surface area contributed by atoms with Crippen LogP contribution in [-0.2, 0) is 27.2 Å². The van der Waals surface area contributed by atoms with E-state index in [2.05, 4.69) is 27.9 Å². The number of ether oxygens (including phenoxy) is 1. The first-order chi connectivity index (χ1) is 11.9. The van der Waals surface area contributed by atoms with Gasteiger partial charge in [0.05, 0.1) is 13.5 Å². The molecule has 0 spiro atoms. The van der Waals surface area contributed by atoms with Crippen LogP contribution in [0.25, 0.3) is 0 Å². The van der Waals surface area contributed by atoms with Crippen LogP contribution in [0.15, 0.2) is 42.5 Å². The standard InChI is InChI=1S/C18H16F2INO3/c1-25-18(24)16(9-11-5-2-3-8-15(11)21)22-17(23)10-12-13(19)6-4-7-14(12)20/h2-8,16H,9-10H2,1H3,(H,22,23)/t16-/m1/s1. The highest BCUT2D eigenvalue weighted by Crippen LogP contribution is 2.15. The van der Waals surface area contributed by atoms with Crippen LogP contribution in [0, 0.1) is 15.2 Å². The Bertz CT molecular complexity index is 762. The molecule has 0 aliphatic carbocycles. The van der Waals surface area contributed by atoms with Crippen LogP contribution >= 0.6 is 22.6 Å². The lowest BCUT2D eigenvalue weighted by atomic mass is 10.0. The SMILES string of the molecule is COC(=O)[C@@H](Cc1ccccc1I)NC(=O)Cc1c(F)cccc1F. The maximum atomic E-state index is 13.7. The molecule has 1 amide bonds. The molecule has 1 N–H and O–H groups in total. The first kappa shape index (κ1) is 19.3. The normalized spacial score (nSPS) is 11.7. The molecular formula is C18H16F2INO3. The van der Waals surface area contributed by atoms with E-state index in [1.165, 1.54) is 13.2 Å². The van der Waals surface area contributed by atoms with Gasteiger partial charge in [-0.25, -0.2) is 13.6 Å². The summed E-state index contributed by atoms with van der Waals surface area (Å²) in [4.78, 5) is 24.1. The van der Waals surface area contributed by atoms with Crippen LogP contribution in [0.4, 0.5) is 8.78 Å². The van der Waals surface area contributed by atoms with Crippen molar-refractivity contribution in [3.63, 3.8) is 0 Å². The van der Waals surface area contributed by atoms with Gasteiger partial charge in [-0.1, -0.05) is 24.3 Å². The van der Waals surface area contributed by atoms with Gasteiger partial charge >= 0.3 is 5.97 Å². The van der Waals surface area contributed by atoms with Crippen molar-refractivity contribution < 1.29 is 23.1 Å². The fourth-order valence-electron chi connectivity index (χ4n) is 2.33. The fraction of sp³-hybridized carbons (Fsp3) is 0.222. The smallest absolute Gasteiger partial charge is 0.328 e. The van der Waals surface area contributed by atoms with Gasteiger partial charge in [0.2, 0.25) is 5.91 Å². The van der Waals surface area contributed by atoms with Crippen LogP contribution in [0.3, 0.4) is 0 Å². The van der Waals surface area contributed by atoms with Gasteiger partial charge in [0.15, 0.2) is 0 Å². The fourth-order valence-corrected chi connectivity index (χ4v) is 2.93. The number of carbonyl (C=O) groups excluding carboxylic acids is 2. The molecule has 25 heavy (non-hydrogen) atoms. The van der Waals surface area contributed by atoms with Crippen LogP contribution in [-0.4, -0.2) is 25.0 Å². The molecule has 1 atom stereocenters. The number of amides is 1. The second kappa shape index (κ2) is 8.89. The third-order valence-corrected chi connectivity index (χ3v) is 4.65. The summed E-state index contributed by atoms with van der Waals surface area (Å²) in [5, 5.41) is 2.50. The third-order valence-electron chi connectivity index (χ3n) is 3.60. The molecule has 132 valence electrons. The largest absolute Gasteiger partial charge is 0.467 e. The summed E-state index contributed by atoms with van der Waals surface area (Å²) >= 11 is 2.13. The molecule has 0 unspecified atom stereocenters. The molecule has 2 rings (SSSR count). The predicted molar refractivity (Wildman–Crippen MR) is 96.9 cm³/mol. The number of methoxy groups -OCH3 is 1. The Labute approximate surface area is 157 Å². The molecule has 0 aliphatic heterocycles. The molecule has 0 bridgehead atoms. The van der Waals surface area contributed by atoms with E-state index >= 15 is 0 Å². The van der Waals surface area contributed by atoms with Gasteiger partial charge in [0.25, 0.3) is 0 Å². The molecule has 0 saturated heterocycles. The van der Waals surface area contributed by atoms with Crippen molar-refractivity contribution >= 4 is 34.5 Å². The maximum absolute atomic E-state index is 13.7. The van der Waals surface area contributed by atoms with Gasteiger partial charge in [-0.2, -0.15) is 0 Å². The Hall–Kier alpha value is -2.03. The Balaban J connectivity index is 2.13. The summed E-state index contributed by atoms with van der Waals surface area (Å²) in [6, 6.07) is 9.83. The van der Waals surface area contributed by atoms with Crippen molar-refractivity contribution in [1.29, 1.82) is 0 Å². The van der Waals surface area contributed by atoms with E-state index < -0.39 is 36.0 Å². The minimum absolute atomic E-state index is 0.220. The summed E-state index contributed by atoms with van der Waals surface area (Å²) in [6.07, 6.45) is -0.283. The lowest BCUT2D eigenvalue weighted by molar-refractivity contribution is -0.145. The molecule has 0 aliphatic rings. The molecule has 7 heteroatoms. The van der Waals surface area contributed by atoms with E-state index in [9.17, 15) is 18.4 Å². The topological polar surface area (TPSA) is 55.4 Å².